The molecule has 0 unspecified atom stereocenters. The molecular formula is C23H18N8O. The Morgan fingerprint density at radius 2 is 2.03 bits per heavy atom. The van der Waals surface area contributed by atoms with E-state index in [4.69, 9.17) is 4.98 Å². The number of H-pyrrole nitrogens is 1. The third kappa shape index (κ3) is 3.33. The van der Waals surface area contributed by atoms with Crippen molar-refractivity contribution in [3.8, 4) is 11.8 Å². The van der Waals surface area contributed by atoms with Crippen LogP contribution in [-0.2, 0) is 6.42 Å². The van der Waals surface area contributed by atoms with Crippen LogP contribution >= 0.6 is 0 Å². The molecule has 0 spiro atoms. The van der Waals surface area contributed by atoms with Crippen molar-refractivity contribution in [1.29, 1.82) is 5.26 Å². The lowest BCUT2D eigenvalue weighted by Gasteiger charge is -2.15. The number of aryl methyl sites for hydroxylation is 1. The van der Waals surface area contributed by atoms with Gasteiger partial charge >= 0.3 is 0 Å². The molecule has 0 bridgehead atoms. The quantitative estimate of drug-likeness (QED) is 0.446. The number of fused-ring (bicyclic) bond motifs is 2. The Morgan fingerprint density at radius 1 is 1.16 bits per heavy atom. The summed E-state index contributed by atoms with van der Waals surface area (Å²) >= 11 is 0. The number of hydrogen-bond donors (Lipinski definition) is 2. The van der Waals surface area contributed by atoms with Crippen molar-refractivity contribution >= 4 is 27.9 Å². The van der Waals surface area contributed by atoms with E-state index in [1.807, 2.05) is 31.2 Å². The highest BCUT2D eigenvalue weighted by molar-refractivity contribution is 5.82. The third-order valence-corrected chi connectivity index (χ3v) is 5.27. The first-order valence-electron chi connectivity index (χ1n) is 10.1. The molecule has 0 radical (unpaired) electrons. The fraction of sp³-hybridized carbons (Fsp3) is 0.130. The molecule has 156 valence electrons. The van der Waals surface area contributed by atoms with E-state index in [9.17, 15) is 10.1 Å². The lowest BCUT2D eigenvalue weighted by molar-refractivity contribution is 0.809. The first kappa shape index (κ1) is 19.4. The molecule has 5 rings (SSSR count). The van der Waals surface area contributed by atoms with Gasteiger partial charge in [0.05, 0.1) is 34.6 Å². The summed E-state index contributed by atoms with van der Waals surface area (Å²) in [7, 11) is 0. The van der Waals surface area contributed by atoms with E-state index in [0.29, 0.717) is 57.9 Å². The molecule has 0 atom stereocenters. The number of nitrogens with zero attached hydrogens (tertiary/aromatic N) is 6. The highest BCUT2D eigenvalue weighted by atomic mass is 16.1. The highest BCUT2D eigenvalue weighted by Gasteiger charge is 2.15. The Labute approximate surface area is 182 Å². The number of aromatic amines is 1. The molecule has 0 aliphatic heterocycles. The van der Waals surface area contributed by atoms with Gasteiger partial charge in [0, 0.05) is 13.0 Å². The molecule has 0 saturated heterocycles. The summed E-state index contributed by atoms with van der Waals surface area (Å²) in [5.41, 5.74) is 3.73. The van der Waals surface area contributed by atoms with Gasteiger partial charge in [0.1, 0.15) is 17.7 Å². The zero-order valence-corrected chi connectivity index (χ0v) is 17.2. The lowest BCUT2D eigenvalue weighted by Crippen LogP contribution is -2.26. The smallest absolute Gasteiger partial charge is 0.266 e. The minimum absolute atomic E-state index is 0.157. The molecule has 3 aromatic heterocycles. The largest absolute Gasteiger partial charge is 0.368 e. The average molecular weight is 422 g/mol. The normalized spacial score (nSPS) is 11.0. The fourth-order valence-electron chi connectivity index (χ4n) is 3.78. The van der Waals surface area contributed by atoms with E-state index in [1.54, 1.807) is 29.1 Å². The standard InChI is InChI=1S/C23H18N8O/c1-14-4-2-7-17-19(14)23(32)31(16-6-3-5-15(10-16)11-24)18(30-17)8-9-25-21-20-22(27-12-26-20)29-13-28-21/h2-7,10,12-13H,8-9H2,1H3,(H2,25,26,27,28,29). The molecule has 0 aliphatic rings. The number of rotatable bonds is 5. The molecule has 3 heterocycles. The molecule has 0 saturated carbocycles. The van der Waals surface area contributed by atoms with Crippen LogP contribution in [0.15, 0.2) is 59.9 Å². The molecule has 2 N–H and O–H groups in total. The van der Waals surface area contributed by atoms with Crippen molar-refractivity contribution in [2.75, 3.05) is 11.9 Å². The summed E-state index contributed by atoms with van der Waals surface area (Å²) in [6, 6.07) is 14.7. The zero-order chi connectivity index (χ0) is 22.1. The van der Waals surface area contributed by atoms with Crippen molar-refractivity contribution < 1.29 is 0 Å². The van der Waals surface area contributed by atoms with E-state index >= 15 is 0 Å². The van der Waals surface area contributed by atoms with E-state index < -0.39 is 0 Å². The summed E-state index contributed by atoms with van der Waals surface area (Å²) < 4.78 is 1.59. The average Bonchev–Trinajstić information content (AvgIpc) is 3.29. The molecular weight excluding hydrogens is 404 g/mol. The van der Waals surface area contributed by atoms with Crippen LogP contribution in [0.1, 0.15) is 17.0 Å². The number of nitrogens with one attached hydrogen (secondary N) is 2. The summed E-state index contributed by atoms with van der Waals surface area (Å²) in [4.78, 5) is 33.9. The maximum atomic E-state index is 13.5. The topological polar surface area (TPSA) is 125 Å². The zero-order valence-electron chi connectivity index (χ0n) is 17.2. The molecule has 9 nitrogen and oxygen atoms in total. The van der Waals surface area contributed by atoms with Gasteiger partial charge in [0.2, 0.25) is 0 Å². The fourth-order valence-corrected chi connectivity index (χ4v) is 3.78. The number of imidazole rings is 1. The number of aromatic nitrogens is 6. The van der Waals surface area contributed by atoms with Crippen LogP contribution in [0, 0.1) is 18.3 Å². The van der Waals surface area contributed by atoms with Crippen molar-refractivity contribution in [1.82, 2.24) is 29.5 Å². The second kappa shape index (κ2) is 7.92. The Bertz CT molecular complexity index is 1560. The van der Waals surface area contributed by atoms with Gasteiger partial charge in [0.25, 0.3) is 5.56 Å². The molecule has 0 fully saturated rings. The van der Waals surface area contributed by atoms with Gasteiger partial charge in [-0.3, -0.25) is 9.36 Å². The van der Waals surface area contributed by atoms with Gasteiger partial charge < -0.3 is 10.3 Å². The van der Waals surface area contributed by atoms with Gasteiger partial charge in [-0.25, -0.2) is 19.9 Å². The van der Waals surface area contributed by atoms with E-state index in [0.717, 1.165) is 5.56 Å². The predicted octanol–water partition coefficient (Wildman–Crippen LogP) is 2.89. The van der Waals surface area contributed by atoms with Gasteiger partial charge in [0.15, 0.2) is 11.5 Å². The van der Waals surface area contributed by atoms with Crippen molar-refractivity contribution in [3.05, 3.63) is 82.4 Å². The SMILES string of the molecule is Cc1cccc2nc(CCNc3ncnc4[nH]cnc34)n(-c3cccc(C#N)c3)c(=O)c12. The molecule has 32 heavy (non-hydrogen) atoms. The molecule has 2 aromatic carbocycles. The van der Waals surface area contributed by atoms with Crippen LogP contribution in [0.5, 0.6) is 0 Å². The van der Waals surface area contributed by atoms with Gasteiger partial charge in [-0.1, -0.05) is 18.2 Å². The molecule has 0 amide bonds. The summed E-state index contributed by atoms with van der Waals surface area (Å²) in [6.45, 7) is 2.37. The van der Waals surface area contributed by atoms with Crippen LogP contribution in [0.25, 0.3) is 27.8 Å². The van der Waals surface area contributed by atoms with Crippen molar-refractivity contribution in [2.24, 2.45) is 0 Å². The van der Waals surface area contributed by atoms with E-state index in [-0.39, 0.29) is 5.56 Å². The highest BCUT2D eigenvalue weighted by Crippen LogP contribution is 2.18. The second-order valence-electron chi connectivity index (χ2n) is 7.30. The monoisotopic (exact) mass is 422 g/mol. The van der Waals surface area contributed by atoms with E-state index in [2.05, 4.69) is 31.3 Å². The lowest BCUT2D eigenvalue weighted by atomic mass is 10.1. The Hall–Kier alpha value is -4.58. The van der Waals surface area contributed by atoms with Crippen LogP contribution in [0.4, 0.5) is 5.82 Å². The molecule has 5 aromatic rings. The number of benzene rings is 2. The van der Waals surface area contributed by atoms with Gasteiger partial charge in [-0.2, -0.15) is 5.26 Å². The Balaban J connectivity index is 1.57. The predicted molar refractivity (Wildman–Crippen MR) is 121 cm³/mol. The first-order chi connectivity index (χ1) is 15.7. The maximum Gasteiger partial charge on any atom is 0.266 e. The van der Waals surface area contributed by atoms with Gasteiger partial charge in [-0.15, -0.1) is 0 Å². The van der Waals surface area contributed by atoms with Crippen molar-refractivity contribution in [3.63, 3.8) is 0 Å². The Morgan fingerprint density at radius 3 is 2.91 bits per heavy atom. The van der Waals surface area contributed by atoms with Crippen LogP contribution in [0.2, 0.25) is 0 Å². The second-order valence-corrected chi connectivity index (χ2v) is 7.30. The minimum Gasteiger partial charge on any atom is -0.368 e. The summed E-state index contributed by atoms with van der Waals surface area (Å²) in [5, 5.41) is 13.1. The van der Waals surface area contributed by atoms with E-state index in [1.165, 1.54) is 6.33 Å². The number of anilines is 1. The summed E-state index contributed by atoms with van der Waals surface area (Å²) in [5.74, 6) is 1.19. The van der Waals surface area contributed by atoms with Crippen molar-refractivity contribution in [2.45, 2.75) is 13.3 Å². The number of nitriles is 1. The third-order valence-electron chi connectivity index (χ3n) is 5.27. The molecule has 9 heteroatoms. The van der Waals surface area contributed by atoms with Crippen LogP contribution in [-0.4, -0.2) is 36.0 Å². The van der Waals surface area contributed by atoms with Crippen LogP contribution < -0.4 is 10.9 Å². The minimum atomic E-state index is -0.157. The van der Waals surface area contributed by atoms with Crippen LogP contribution in [0.3, 0.4) is 0 Å². The first-order valence-corrected chi connectivity index (χ1v) is 10.1. The summed E-state index contributed by atoms with van der Waals surface area (Å²) in [6.07, 6.45) is 3.48. The number of hydrogen-bond acceptors (Lipinski definition) is 7. The maximum absolute atomic E-state index is 13.5. The molecule has 0 aliphatic carbocycles. The van der Waals surface area contributed by atoms with Gasteiger partial charge in [-0.05, 0) is 36.8 Å². The Kier molecular flexibility index (Phi) is 4.80.